The first kappa shape index (κ1) is 18.4. The molecule has 1 heterocycles. The third-order valence-corrected chi connectivity index (χ3v) is 5.67. The van der Waals surface area contributed by atoms with Gasteiger partial charge in [-0.15, -0.1) is 0 Å². The Hall–Kier alpha value is -2.37. The van der Waals surface area contributed by atoms with E-state index in [-0.39, 0.29) is 0 Å². The van der Waals surface area contributed by atoms with E-state index < -0.39 is 9.84 Å². The van der Waals surface area contributed by atoms with Gasteiger partial charge in [0, 0.05) is 37.0 Å². The number of nitrogens with zero attached hydrogens (tertiary/aromatic N) is 1. The molecule has 3 aromatic rings. The van der Waals surface area contributed by atoms with Gasteiger partial charge in [-0.05, 0) is 48.2 Å². The fraction of sp³-hybridized carbons (Fsp3) is 0.238. The van der Waals surface area contributed by atoms with Crippen LogP contribution in [0.3, 0.4) is 0 Å². The van der Waals surface area contributed by atoms with Crippen molar-refractivity contribution in [1.82, 2.24) is 4.57 Å². The lowest BCUT2D eigenvalue weighted by Crippen LogP contribution is -2.10. The summed E-state index contributed by atoms with van der Waals surface area (Å²) in [6.07, 6.45) is 5.77. The molecule has 3 rings (SSSR count). The summed E-state index contributed by atoms with van der Waals surface area (Å²) in [5.74, 6) is 0. The molecule has 4 nitrogen and oxygen atoms in total. The van der Waals surface area contributed by atoms with Gasteiger partial charge in [-0.3, -0.25) is 0 Å². The fourth-order valence-electron chi connectivity index (χ4n) is 3.29. The van der Waals surface area contributed by atoms with Crippen molar-refractivity contribution in [3.63, 3.8) is 0 Å². The van der Waals surface area contributed by atoms with Crippen LogP contribution < -0.4 is 0 Å². The Morgan fingerprint density at radius 2 is 1.69 bits per heavy atom. The lowest BCUT2D eigenvalue weighted by atomic mass is 9.92. The van der Waals surface area contributed by atoms with Gasteiger partial charge >= 0.3 is 0 Å². The first-order valence-corrected chi connectivity index (χ1v) is 10.4. The molecule has 0 spiro atoms. The minimum atomic E-state index is -3.41. The van der Waals surface area contributed by atoms with E-state index >= 15 is 0 Å². The molecule has 0 saturated heterocycles. The standard InChI is InChI=1S/C21H23NO3S/c1-16-18(11-14-25-2)21(17-9-5-4-6-10-17)20(26(3,23)24)15-19(16)22-12-7-8-13-22/h4-10,12-13,15H,11,14H2,1-3H3. The highest BCUT2D eigenvalue weighted by atomic mass is 32.2. The zero-order valence-electron chi connectivity index (χ0n) is 15.3. The number of ether oxygens (including phenoxy) is 1. The van der Waals surface area contributed by atoms with Crippen LogP contribution in [0.1, 0.15) is 11.1 Å². The Kier molecular flexibility index (Phi) is 5.30. The predicted molar refractivity (Wildman–Crippen MR) is 105 cm³/mol. The van der Waals surface area contributed by atoms with Gasteiger partial charge in [0.2, 0.25) is 0 Å². The summed E-state index contributed by atoms with van der Waals surface area (Å²) < 4.78 is 32.5. The molecule has 0 radical (unpaired) electrons. The summed E-state index contributed by atoms with van der Waals surface area (Å²) in [6, 6.07) is 15.3. The second-order valence-corrected chi connectivity index (χ2v) is 8.33. The molecule has 0 amide bonds. The molecule has 0 fully saturated rings. The number of methoxy groups -OCH3 is 1. The summed E-state index contributed by atoms with van der Waals surface area (Å²) in [4.78, 5) is 0.351. The largest absolute Gasteiger partial charge is 0.384 e. The average molecular weight is 369 g/mol. The Balaban J connectivity index is 2.39. The number of aromatic nitrogens is 1. The summed E-state index contributed by atoms with van der Waals surface area (Å²) in [6.45, 7) is 2.57. The molecule has 0 aliphatic heterocycles. The molecule has 0 saturated carbocycles. The molecule has 0 bridgehead atoms. The van der Waals surface area contributed by atoms with E-state index in [2.05, 4.69) is 0 Å². The molecule has 0 aliphatic carbocycles. The van der Waals surface area contributed by atoms with Crippen LogP contribution in [0.5, 0.6) is 0 Å². The summed E-state index contributed by atoms with van der Waals surface area (Å²) in [5.41, 5.74) is 4.62. The van der Waals surface area contributed by atoms with Gasteiger partial charge in [0.15, 0.2) is 9.84 Å². The minimum absolute atomic E-state index is 0.351. The van der Waals surface area contributed by atoms with E-state index in [0.29, 0.717) is 17.9 Å². The lowest BCUT2D eigenvalue weighted by Gasteiger charge is -2.21. The van der Waals surface area contributed by atoms with Crippen molar-refractivity contribution in [3.8, 4) is 16.8 Å². The second-order valence-electron chi connectivity index (χ2n) is 6.34. The van der Waals surface area contributed by atoms with E-state index in [1.807, 2.05) is 66.3 Å². The molecule has 0 atom stereocenters. The Bertz CT molecular complexity index is 991. The zero-order chi connectivity index (χ0) is 18.7. The molecule has 136 valence electrons. The summed E-state index contributed by atoms with van der Waals surface area (Å²) in [5, 5.41) is 0. The van der Waals surface area contributed by atoms with Crippen molar-refractivity contribution in [2.24, 2.45) is 0 Å². The summed E-state index contributed by atoms with van der Waals surface area (Å²) >= 11 is 0. The maximum atomic E-state index is 12.6. The molecule has 26 heavy (non-hydrogen) atoms. The van der Waals surface area contributed by atoms with E-state index in [1.54, 1.807) is 13.2 Å². The highest BCUT2D eigenvalue weighted by molar-refractivity contribution is 7.90. The van der Waals surface area contributed by atoms with Crippen molar-refractivity contribution >= 4 is 9.84 Å². The van der Waals surface area contributed by atoms with Gasteiger partial charge in [0.25, 0.3) is 0 Å². The van der Waals surface area contributed by atoms with Crippen LogP contribution in [-0.4, -0.2) is 33.0 Å². The maximum absolute atomic E-state index is 12.6. The topological polar surface area (TPSA) is 48.3 Å². The first-order chi connectivity index (χ1) is 12.4. The van der Waals surface area contributed by atoms with Gasteiger partial charge in [-0.2, -0.15) is 0 Å². The number of hydrogen-bond donors (Lipinski definition) is 0. The van der Waals surface area contributed by atoms with Crippen LogP contribution in [0.25, 0.3) is 16.8 Å². The van der Waals surface area contributed by atoms with Gasteiger partial charge in [0.1, 0.15) is 0 Å². The van der Waals surface area contributed by atoms with Crippen molar-refractivity contribution in [1.29, 1.82) is 0 Å². The normalized spacial score (nSPS) is 11.7. The van der Waals surface area contributed by atoms with Crippen molar-refractivity contribution in [3.05, 3.63) is 72.1 Å². The Morgan fingerprint density at radius 3 is 2.27 bits per heavy atom. The molecule has 5 heteroatoms. The third-order valence-electron chi connectivity index (χ3n) is 4.55. The SMILES string of the molecule is COCCc1c(C)c(-n2cccc2)cc(S(C)(=O)=O)c1-c1ccccc1. The number of rotatable bonds is 6. The highest BCUT2D eigenvalue weighted by Crippen LogP contribution is 2.36. The smallest absolute Gasteiger partial charge is 0.176 e. The van der Waals surface area contributed by atoms with Crippen LogP contribution in [0.2, 0.25) is 0 Å². The fourth-order valence-corrected chi connectivity index (χ4v) is 4.23. The number of benzene rings is 2. The third kappa shape index (κ3) is 3.59. The molecule has 2 aromatic carbocycles. The lowest BCUT2D eigenvalue weighted by molar-refractivity contribution is 0.202. The zero-order valence-corrected chi connectivity index (χ0v) is 16.1. The van der Waals surface area contributed by atoms with Crippen LogP contribution >= 0.6 is 0 Å². The molecule has 0 unspecified atom stereocenters. The average Bonchev–Trinajstić information content (AvgIpc) is 3.14. The Labute approximate surface area is 155 Å². The van der Waals surface area contributed by atoms with Gasteiger partial charge in [-0.1, -0.05) is 30.3 Å². The van der Waals surface area contributed by atoms with Crippen molar-refractivity contribution in [2.75, 3.05) is 20.0 Å². The molecular formula is C21H23NO3S. The van der Waals surface area contributed by atoms with Gasteiger partial charge in [-0.25, -0.2) is 8.42 Å². The molecule has 1 aromatic heterocycles. The number of hydrogen-bond acceptors (Lipinski definition) is 3. The predicted octanol–water partition coefficient (Wildman–Crippen LogP) is 4.05. The van der Waals surface area contributed by atoms with Crippen molar-refractivity contribution in [2.45, 2.75) is 18.2 Å². The molecular weight excluding hydrogens is 346 g/mol. The quantitative estimate of drug-likeness (QED) is 0.659. The summed E-state index contributed by atoms with van der Waals surface area (Å²) in [7, 11) is -1.76. The van der Waals surface area contributed by atoms with E-state index in [4.69, 9.17) is 4.74 Å². The van der Waals surface area contributed by atoms with Crippen LogP contribution in [-0.2, 0) is 21.0 Å². The molecule has 0 aliphatic rings. The van der Waals surface area contributed by atoms with Gasteiger partial charge in [0.05, 0.1) is 11.5 Å². The van der Waals surface area contributed by atoms with Crippen LogP contribution in [0.15, 0.2) is 65.8 Å². The van der Waals surface area contributed by atoms with E-state index in [0.717, 1.165) is 27.9 Å². The Morgan fingerprint density at radius 1 is 1.04 bits per heavy atom. The van der Waals surface area contributed by atoms with E-state index in [9.17, 15) is 8.42 Å². The highest BCUT2D eigenvalue weighted by Gasteiger charge is 2.23. The minimum Gasteiger partial charge on any atom is -0.384 e. The first-order valence-electron chi connectivity index (χ1n) is 8.47. The monoisotopic (exact) mass is 369 g/mol. The second kappa shape index (κ2) is 7.48. The number of sulfone groups is 1. The van der Waals surface area contributed by atoms with Gasteiger partial charge < -0.3 is 9.30 Å². The van der Waals surface area contributed by atoms with Crippen molar-refractivity contribution < 1.29 is 13.2 Å². The maximum Gasteiger partial charge on any atom is 0.176 e. The van der Waals surface area contributed by atoms with Crippen LogP contribution in [0, 0.1) is 6.92 Å². The molecule has 0 N–H and O–H groups in total. The van der Waals surface area contributed by atoms with E-state index in [1.165, 1.54) is 6.26 Å². The van der Waals surface area contributed by atoms with Crippen LogP contribution in [0.4, 0.5) is 0 Å².